The molecule has 0 aliphatic rings. The molecule has 0 aliphatic carbocycles. The van der Waals surface area contributed by atoms with E-state index in [1.807, 2.05) is 56.0 Å². The van der Waals surface area contributed by atoms with Crippen molar-refractivity contribution in [2.24, 2.45) is 0 Å². The predicted molar refractivity (Wildman–Crippen MR) is 111 cm³/mol. The van der Waals surface area contributed by atoms with E-state index >= 15 is 0 Å². The molecule has 0 saturated heterocycles. The molecule has 0 fully saturated rings. The molecule has 5 nitrogen and oxygen atoms in total. The highest BCUT2D eigenvalue weighted by atomic mass is 19.1. The first kappa shape index (κ1) is 20.6. The maximum atomic E-state index is 13.4. The zero-order chi connectivity index (χ0) is 20.8. The summed E-state index contributed by atoms with van der Waals surface area (Å²) in [5, 5.41) is 4.61. The molecule has 29 heavy (non-hydrogen) atoms. The van der Waals surface area contributed by atoms with Crippen molar-refractivity contribution in [3.63, 3.8) is 0 Å². The monoisotopic (exact) mass is 395 g/mol. The van der Waals surface area contributed by atoms with Gasteiger partial charge in [-0.1, -0.05) is 18.2 Å². The van der Waals surface area contributed by atoms with Gasteiger partial charge in [-0.05, 0) is 63.6 Å². The second-order valence-corrected chi connectivity index (χ2v) is 6.74. The molecule has 152 valence electrons. The van der Waals surface area contributed by atoms with E-state index in [0.717, 1.165) is 11.3 Å². The molecule has 3 aromatic rings. The summed E-state index contributed by atoms with van der Waals surface area (Å²) >= 11 is 0. The lowest BCUT2D eigenvalue weighted by atomic mass is 10.1. The summed E-state index contributed by atoms with van der Waals surface area (Å²) < 4.78 is 21.2. The third-order valence-corrected chi connectivity index (χ3v) is 4.87. The molecule has 3 rings (SSSR count). The van der Waals surface area contributed by atoms with Gasteiger partial charge in [-0.3, -0.25) is 4.79 Å². The van der Waals surface area contributed by atoms with Gasteiger partial charge in [0, 0.05) is 25.1 Å². The lowest BCUT2D eigenvalue weighted by Crippen LogP contribution is -2.30. The van der Waals surface area contributed by atoms with Gasteiger partial charge in [-0.25, -0.2) is 9.07 Å². The normalized spacial score (nSPS) is 10.8. The second-order valence-electron chi connectivity index (χ2n) is 6.74. The minimum absolute atomic E-state index is 0.106. The van der Waals surface area contributed by atoms with Gasteiger partial charge in [0.1, 0.15) is 11.6 Å². The van der Waals surface area contributed by atoms with Crippen LogP contribution in [0.5, 0.6) is 11.6 Å². The highest BCUT2D eigenvalue weighted by Crippen LogP contribution is 2.31. The average molecular weight is 395 g/mol. The molecule has 0 spiro atoms. The van der Waals surface area contributed by atoms with Gasteiger partial charge >= 0.3 is 0 Å². The number of amides is 1. The van der Waals surface area contributed by atoms with Crippen molar-refractivity contribution in [1.29, 1.82) is 0 Å². The van der Waals surface area contributed by atoms with Crippen molar-refractivity contribution < 1.29 is 13.9 Å². The third-order valence-electron chi connectivity index (χ3n) is 4.87. The van der Waals surface area contributed by atoms with E-state index in [1.54, 1.807) is 16.8 Å². The number of hydrogen-bond donors (Lipinski definition) is 0. The quantitative estimate of drug-likeness (QED) is 0.544. The Bertz CT molecular complexity index is 948. The van der Waals surface area contributed by atoms with Gasteiger partial charge in [-0.15, -0.1) is 0 Å². The molecule has 0 bridgehead atoms. The molecule has 6 heteroatoms. The van der Waals surface area contributed by atoms with E-state index in [4.69, 9.17) is 4.74 Å². The van der Waals surface area contributed by atoms with Crippen LogP contribution >= 0.6 is 0 Å². The highest BCUT2D eigenvalue weighted by Gasteiger charge is 2.21. The van der Waals surface area contributed by atoms with Gasteiger partial charge in [0.05, 0.1) is 11.4 Å². The molecular formula is C23H26FN3O2. The summed E-state index contributed by atoms with van der Waals surface area (Å²) in [6, 6.07) is 15.5. The first-order valence-corrected chi connectivity index (χ1v) is 9.88. The molecule has 0 N–H and O–H groups in total. The lowest BCUT2D eigenvalue weighted by molar-refractivity contribution is -0.130. The molecule has 1 amide bonds. The largest absolute Gasteiger partial charge is 0.439 e. The second kappa shape index (κ2) is 9.37. The van der Waals surface area contributed by atoms with E-state index in [1.165, 1.54) is 12.1 Å². The van der Waals surface area contributed by atoms with Crippen LogP contribution in [0.2, 0.25) is 0 Å². The number of carbonyl (C=O) groups is 1. The zero-order valence-electron chi connectivity index (χ0n) is 17.1. The number of para-hydroxylation sites is 1. The van der Waals surface area contributed by atoms with Crippen LogP contribution in [0.25, 0.3) is 5.69 Å². The summed E-state index contributed by atoms with van der Waals surface area (Å²) in [5.41, 5.74) is 2.35. The summed E-state index contributed by atoms with van der Waals surface area (Å²) in [7, 11) is 0. The van der Waals surface area contributed by atoms with E-state index < -0.39 is 0 Å². The minimum atomic E-state index is -0.312. The van der Waals surface area contributed by atoms with E-state index in [0.29, 0.717) is 43.2 Å². The van der Waals surface area contributed by atoms with Gasteiger partial charge in [0.25, 0.3) is 0 Å². The van der Waals surface area contributed by atoms with E-state index in [-0.39, 0.29) is 11.7 Å². The van der Waals surface area contributed by atoms with Crippen LogP contribution in [0.1, 0.15) is 31.5 Å². The summed E-state index contributed by atoms with van der Waals surface area (Å²) in [6.07, 6.45) is 0.896. The first-order chi connectivity index (χ1) is 14.0. The Kier molecular flexibility index (Phi) is 6.65. The maximum absolute atomic E-state index is 13.4. The van der Waals surface area contributed by atoms with Crippen LogP contribution in [0.15, 0.2) is 54.6 Å². The van der Waals surface area contributed by atoms with Crippen LogP contribution in [0, 0.1) is 12.7 Å². The standard InChI is InChI=1S/C23H26FN3O2/c1-4-26(5-2)22(28)16-15-21-17(3)25-27(19-13-11-18(24)12-14-19)23(21)29-20-9-7-6-8-10-20/h6-14H,4-5,15-16H2,1-3H3. The smallest absolute Gasteiger partial charge is 0.226 e. The number of halogens is 1. The number of aromatic nitrogens is 2. The Hall–Kier alpha value is -3.15. The molecule has 0 unspecified atom stereocenters. The molecule has 1 aromatic heterocycles. The summed E-state index contributed by atoms with van der Waals surface area (Å²) in [4.78, 5) is 14.3. The number of rotatable bonds is 8. The Balaban J connectivity index is 1.96. The molecule has 0 saturated carbocycles. The number of aryl methyl sites for hydroxylation is 1. The van der Waals surface area contributed by atoms with Crippen LogP contribution in [-0.4, -0.2) is 33.7 Å². The topological polar surface area (TPSA) is 47.4 Å². The van der Waals surface area contributed by atoms with Crippen LogP contribution < -0.4 is 4.74 Å². The lowest BCUT2D eigenvalue weighted by Gasteiger charge is -2.18. The highest BCUT2D eigenvalue weighted by molar-refractivity contribution is 5.76. The molecular weight excluding hydrogens is 369 g/mol. The van der Waals surface area contributed by atoms with Gasteiger partial charge < -0.3 is 9.64 Å². The van der Waals surface area contributed by atoms with Crippen molar-refractivity contribution in [3.8, 4) is 17.3 Å². The van der Waals surface area contributed by atoms with Crippen LogP contribution in [0.4, 0.5) is 4.39 Å². The van der Waals surface area contributed by atoms with Gasteiger partial charge in [0.15, 0.2) is 0 Å². The average Bonchev–Trinajstić information content (AvgIpc) is 3.04. The number of benzene rings is 2. The van der Waals surface area contributed by atoms with Crippen molar-refractivity contribution in [2.45, 2.75) is 33.6 Å². The van der Waals surface area contributed by atoms with Gasteiger partial charge in [-0.2, -0.15) is 5.10 Å². The number of nitrogens with zero attached hydrogens (tertiary/aromatic N) is 3. The third kappa shape index (κ3) is 4.83. The molecule has 2 aromatic carbocycles. The Labute approximate surface area is 170 Å². The molecule has 1 heterocycles. The summed E-state index contributed by atoms with van der Waals surface area (Å²) in [5.74, 6) is 1.02. The van der Waals surface area contributed by atoms with Crippen molar-refractivity contribution in [2.75, 3.05) is 13.1 Å². The Morgan fingerprint density at radius 3 is 2.34 bits per heavy atom. The Morgan fingerprint density at radius 2 is 1.72 bits per heavy atom. The predicted octanol–water partition coefficient (Wildman–Crippen LogP) is 4.91. The fourth-order valence-corrected chi connectivity index (χ4v) is 3.25. The number of hydrogen-bond acceptors (Lipinski definition) is 3. The minimum Gasteiger partial charge on any atom is -0.439 e. The van der Waals surface area contributed by atoms with E-state index in [2.05, 4.69) is 5.10 Å². The van der Waals surface area contributed by atoms with Crippen molar-refractivity contribution in [1.82, 2.24) is 14.7 Å². The van der Waals surface area contributed by atoms with Crippen molar-refractivity contribution >= 4 is 5.91 Å². The maximum Gasteiger partial charge on any atom is 0.226 e. The first-order valence-electron chi connectivity index (χ1n) is 9.88. The number of carbonyl (C=O) groups excluding carboxylic acids is 1. The fourth-order valence-electron chi connectivity index (χ4n) is 3.25. The van der Waals surface area contributed by atoms with Crippen molar-refractivity contribution in [3.05, 3.63) is 71.7 Å². The van der Waals surface area contributed by atoms with Crippen LogP contribution in [-0.2, 0) is 11.2 Å². The number of ether oxygens (including phenoxy) is 1. The Morgan fingerprint density at radius 1 is 1.07 bits per heavy atom. The van der Waals surface area contributed by atoms with Crippen LogP contribution in [0.3, 0.4) is 0 Å². The fraction of sp³-hybridized carbons (Fsp3) is 0.304. The van der Waals surface area contributed by atoms with E-state index in [9.17, 15) is 9.18 Å². The molecule has 0 atom stereocenters. The zero-order valence-corrected chi connectivity index (χ0v) is 17.1. The molecule has 0 aliphatic heterocycles. The molecule has 0 radical (unpaired) electrons. The SMILES string of the molecule is CCN(CC)C(=O)CCc1c(C)nn(-c2ccc(F)cc2)c1Oc1ccccc1. The van der Waals surface area contributed by atoms with Gasteiger partial charge in [0.2, 0.25) is 11.8 Å². The summed E-state index contributed by atoms with van der Waals surface area (Å²) in [6.45, 7) is 7.23.